The van der Waals surface area contributed by atoms with Gasteiger partial charge in [0, 0.05) is 11.1 Å². The maximum absolute atomic E-state index is 12.1. The van der Waals surface area contributed by atoms with E-state index in [4.69, 9.17) is 0 Å². The predicted octanol–water partition coefficient (Wildman–Crippen LogP) is 4.00. The van der Waals surface area contributed by atoms with Crippen LogP contribution in [0.4, 0.5) is 10.5 Å². The van der Waals surface area contributed by atoms with Crippen molar-refractivity contribution < 1.29 is 9.59 Å². The quantitative estimate of drug-likeness (QED) is 0.528. The van der Waals surface area contributed by atoms with Crippen molar-refractivity contribution in [3.05, 3.63) is 59.4 Å². The Kier molecular flexibility index (Phi) is 5.71. The molecule has 0 aliphatic carbocycles. The highest BCUT2D eigenvalue weighted by molar-refractivity contribution is 8.00. The van der Waals surface area contributed by atoms with Crippen LogP contribution in [0.25, 0.3) is 10.9 Å². The first-order valence-corrected chi connectivity index (χ1v) is 9.45. The zero-order valence-corrected chi connectivity index (χ0v) is 16.2. The van der Waals surface area contributed by atoms with E-state index >= 15 is 0 Å². The summed E-state index contributed by atoms with van der Waals surface area (Å²) in [5, 5.41) is 6.66. The molecular weight excluding hydrogens is 360 g/mol. The van der Waals surface area contributed by atoms with Gasteiger partial charge in [0.05, 0.1) is 11.3 Å². The number of hydrogen-bond donors (Lipinski definition) is 2. The number of benzene rings is 2. The van der Waals surface area contributed by atoms with E-state index < -0.39 is 6.03 Å². The van der Waals surface area contributed by atoms with Gasteiger partial charge in [0.2, 0.25) is 5.91 Å². The molecule has 0 spiro atoms. The van der Waals surface area contributed by atoms with Gasteiger partial charge < -0.3 is 5.32 Å². The van der Waals surface area contributed by atoms with E-state index in [1.807, 2.05) is 63.2 Å². The van der Waals surface area contributed by atoms with Gasteiger partial charge in [-0.2, -0.15) is 0 Å². The van der Waals surface area contributed by atoms with Gasteiger partial charge in [0.25, 0.3) is 0 Å². The zero-order valence-electron chi connectivity index (χ0n) is 15.4. The van der Waals surface area contributed by atoms with Crippen LogP contribution in [-0.2, 0) is 4.79 Å². The number of imide groups is 1. The fourth-order valence-electron chi connectivity index (χ4n) is 2.67. The lowest BCUT2D eigenvalue weighted by atomic mass is 10.1. The summed E-state index contributed by atoms with van der Waals surface area (Å²) >= 11 is 1.28. The van der Waals surface area contributed by atoms with Crippen molar-refractivity contribution in [3.8, 4) is 0 Å². The van der Waals surface area contributed by atoms with Crippen LogP contribution >= 0.6 is 11.8 Å². The Morgan fingerprint density at radius 1 is 1.04 bits per heavy atom. The fourth-order valence-corrected chi connectivity index (χ4v) is 3.54. The van der Waals surface area contributed by atoms with Gasteiger partial charge in [-0.05, 0) is 38.5 Å². The van der Waals surface area contributed by atoms with Gasteiger partial charge in [-0.3, -0.25) is 10.1 Å². The van der Waals surface area contributed by atoms with Gasteiger partial charge in [-0.1, -0.05) is 47.7 Å². The molecule has 3 amide bonds. The van der Waals surface area contributed by atoms with E-state index in [2.05, 4.69) is 20.6 Å². The molecule has 0 saturated heterocycles. The van der Waals surface area contributed by atoms with Gasteiger partial charge in [0.15, 0.2) is 0 Å². The molecule has 0 bridgehead atoms. The van der Waals surface area contributed by atoms with Crippen LogP contribution in [0.1, 0.15) is 17.0 Å². The van der Waals surface area contributed by atoms with Crippen molar-refractivity contribution in [2.75, 3.05) is 11.1 Å². The van der Waals surface area contributed by atoms with Crippen LogP contribution in [-0.4, -0.2) is 27.7 Å². The number of thioether (sulfide) groups is 1. The van der Waals surface area contributed by atoms with Gasteiger partial charge in [-0.25, -0.2) is 14.8 Å². The summed E-state index contributed by atoms with van der Waals surface area (Å²) in [7, 11) is 0. The molecule has 0 aliphatic heterocycles. The minimum Gasteiger partial charge on any atom is -0.307 e. The summed E-state index contributed by atoms with van der Waals surface area (Å²) in [5.41, 5.74) is 3.56. The first-order chi connectivity index (χ1) is 12.9. The normalized spacial score (nSPS) is 10.6. The van der Waals surface area contributed by atoms with E-state index in [1.54, 1.807) is 0 Å². The Morgan fingerprint density at radius 3 is 2.59 bits per heavy atom. The molecule has 1 heterocycles. The Balaban J connectivity index is 1.61. The summed E-state index contributed by atoms with van der Waals surface area (Å²) in [6, 6.07) is 12.8. The molecule has 0 saturated carbocycles. The van der Waals surface area contributed by atoms with Crippen LogP contribution in [0.5, 0.6) is 0 Å². The van der Waals surface area contributed by atoms with E-state index in [0.29, 0.717) is 11.5 Å². The molecule has 2 aromatic carbocycles. The van der Waals surface area contributed by atoms with Crippen molar-refractivity contribution in [1.82, 2.24) is 15.3 Å². The zero-order chi connectivity index (χ0) is 19.4. The van der Waals surface area contributed by atoms with Crippen molar-refractivity contribution >= 4 is 40.3 Å². The standard InChI is InChI=1S/C20H20N4O2S/c1-12-8-9-16(13(2)10-12)23-20(26)24-18(25)11-27-19-15-6-4-5-7-17(15)21-14(3)22-19/h4-10H,11H2,1-3H3,(H2,23,24,25,26). The topological polar surface area (TPSA) is 84.0 Å². The van der Waals surface area contributed by atoms with Crippen LogP contribution in [0.15, 0.2) is 47.5 Å². The number of amides is 3. The third-order valence-corrected chi connectivity index (χ3v) is 4.89. The number of urea groups is 1. The number of nitrogens with one attached hydrogen (secondary N) is 2. The minimum atomic E-state index is -0.545. The van der Waals surface area contributed by atoms with Gasteiger partial charge in [0.1, 0.15) is 10.9 Å². The summed E-state index contributed by atoms with van der Waals surface area (Å²) in [6.45, 7) is 5.70. The number of aryl methyl sites for hydroxylation is 3. The maximum atomic E-state index is 12.1. The molecule has 27 heavy (non-hydrogen) atoms. The Hall–Kier alpha value is -2.93. The van der Waals surface area contributed by atoms with Crippen molar-refractivity contribution in [3.63, 3.8) is 0 Å². The Morgan fingerprint density at radius 2 is 1.81 bits per heavy atom. The number of aromatic nitrogens is 2. The highest BCUT2D eigenvalue weighted by Gasteiger charge is 2.12. The summed E-state index contributed by atoms with van der Waals surface area (Å²) < 4.78 is 0. The van der Waals surface area contributed by atoms with Gasteiger partial charge in [-0.15, -0.1) is 0 Å². The van der Waals surface area contributed by atoms with Crippen LogP contribution < -0.4 is 10.6 Å². The smallest absolute Gasteiger partial charge is 0.307 e. The third kappa shape index (κ3) is 4.83. The fraction of sp³-hybridized carbons (Fsp3) is 0.200. The molecule has 7 heteroatoms. The SMILES string of the molecule is Cc1ccc(NC(=O)NC(=O)CSc2nc(C)nc3ccccc23)c(C)c1. The monoisotopic (exact) mass is 380 g/mol. The number of para-hydroxylation sites is 1. The summed E-state index contributed by atoms with van der Waals surface area (Å²) in [6.07, 6.45) is 0. The molecule has 6 nitrogen and oxygen atoms in total. The number of carbonyl (C=O) groups excluding carboxylic acids is 2. The predicted molar refractivity (Wildman–Crippen MR) is 108 cm³/mol. The summed E-state index contributed by atoms with van der Waals surface area (Å²) in [4.78, 5) is 33.0. The van der Waals surface area contributed by atoms with E-state index in [1.165, 1.54) is 11.8 Å². The number of fused-ring (bicyclic) bond motifs is 1. The first kappa shape index (κ1) is 18.8. The highest BCUT2D eigenvalue weighted by atomic mass is 32.2. The van der Waals surface area contributed by atoms with Crippen molar-refractivity contribution in [2.24, 2.45) is 0 Å². The van der Waals surface area contributed by atoms with E-state index in [0.717, 1.165) is 27.1 Å². The number of carbonyl (C=O) groups is 2. The van der Waals surface area contributed by atoms with Gasteiger partial charge >= 0.3 is 6.03 Å². The Bertz CT molecular complexity index is 1020. The molecule has 0 radical (unpaired) electrons. The summed E-state index contributed by atoms with van der Waals surface area (Å²) in [5.74, 6) is 0.340. The minimum absolute atomic E-state index is 0.0841. The number of hydrogen-bond acceptors (Lipinski definition) is 5. The van der Waals surface area contributed by atoms with Crippen LogP contribution in [0.2, 0.25) is 0 Å². The third-order valence-electron chi connectivity index (χ3n) is 3.90. The number of nitrogens with zero attached hydrogens (tertiary/aromatic N) is 2. The average molecular weight is 380 g/mol. The first-order valence-electron chi connectivity index (χ1n) is 8.46. The molecule has 3 rings (SSSR count). The molecule has 2 N–H and O–H groups in total. The van der Waals surface area contributed by atoms with E-state index in [9.17, 15) is 9.59 Å². The van der Waals surface area contributed by atoms with E-state index in [-0.39, 0.29) is 11.7 Å². The maximum Gasteiger partial charge on any atom is 0.325 e. The van der Waals surface area contributed by atoms with Crippen molar-refractivity contribution in [1.29, 1.82) is 0 Å². The van der Waals surface area contributed by atoms with Crippen LogP contribution in [0, 0.1) is 20.8 Å². The number of rotatable bonds is 4. The van der Waals surface area contributed by atoms with Crippen LogP contribution in [0.3, 0.4) is 0 Å². The largest absolute Gasteiger partial charge is 0.325 e. The molecule has 0 aliphatic rings. The molecule has 1 aromatic heterocycles. The second-order valence-electron chi connectivity index (χ2n) is 6.20. The molecular formula is C20H20N4O2S. The highest BCUT2D eigenvalue weighted by Crippen LogP contribution is 2.25. The molecule has 3 aromatic rings. The average Bonchev–Trinajstić information content (AvgIpc) is 2.62. The lowest BCUT2D eigenvalue weighted by molar-refractivity contribution is -0.117. The molecule has 0 unspecified atom stereocenters. The second-order valence-corrected chi connectivity index (χ2v) is 7.17. The molecule has 138 valence electrons. The second kappa shape index (κ2) is 8.18. The Labute approximate surface area is 161 Å². The molecule has 0 atom stereocenters. The van der Waals surface area contributed by atoms with Crippen molar-refractivity contribution in [2.45, 2.75) is 25.8 Å². The lowest BCUT2D eigenvalue weighted by Crippen LogP contribution is -2.35. The lowest BCUT2D eigenvalue weighted by Gasteiger charge is -2.10. The molecule has 0 fully saturated rings. The number of anilines is 1.